The van der Waals surface area contributed by atoms with Gasteiger partial charge in [-0.3, -0.25) is 0 Å². The Hall–Kier alpha value is -3.18. The lowest BCUT2D eigenvalue weighted by Gasteiger charge is -2.58. The average molecular weight is 583 g/mol. The smallest absolute Gasteiger partial charge is 0.134 e. The van der Waals surface area contributed by atoms with Crippen LogP contribution in [0.1, 0.15) is 105 Å². The molecule has 226 valence electrons. The van der Waals surface area contributed by atoms with Gasteiger partial charge in [0.1, 0.15) is 17.2 Å². The lowest BCUT2D eigenvalue weighted by molar-refractivity contribution is -0.00949. The molecule has 2 nitrogen and oxygen atoms in total. The molecule has 8 fully saturated rings. The van der Waals surface area contributed by atoms with Crippen LogP contribution in [0.25, 0.3) is 0 Å². The molecule has 44 heavy (non-hydrogen) atoms. The van der Waals surface area contributed by atoms with Crippen LogP contribution in [0, 0.1) is 54.3 Å². The van der Waals surface area contributed by atoms with E-state index < -0.39 is 0 Å². The molecule has 3 aromatic rings. The minimum atomic E-state index is 0.257. The highest BCUT2D eigenvalue weighted by Crippen LogP contribution is 2.65. The lowest BCUT2D eigenvalue weighted by atomic mass is 9.46. The minimum absolute atomic E-state index is 0.257. The van der Waals surface area contributed by atoms with Crippen molar-refractivity contribution >= 4 is 0 Å². The molecule has 2 heteroatoms. The van der Waals surface area contributed by atoms with Crippen LogP contribution < -0.4 is 9.47 Å². The second kappa shape index (κ2) is 10.2. The third-order valence-electron chi connectivity index (χ3n) is 13.0. The van der Waals surface area contributed by atoms with Crippen LogP contribution in [0.4, 0.5) is 0 Å². The maximum Gasteiger partial charge on any atom is 0.134 e. The van der Waals surface area contributed by atoms with Gasteiger partial charge in [-0.1, -0.05) is 29.5 Å². The average Bonchev–Trinajstić information content (AvgIpc) is 3.00. The van der Waals surface area contributed by atoms with Gasteiger partial charge in [0, 0.05) is 28.3 Å². The zero-order valence-electron chi connectivity index (χ0n) is 26.5. The summed E-state index contributed by atoms with van der Waals surface area (Å²) in [6, 6.07) is 21.8. The van der Waals surface area contributed by atoms with Gasteiger partial charge in [0.05, 0.1) is 7.11 Å². The van der Waals surface area contributed by atoms with Gasteiger partial charge in [-0.15, -0.1) is 0 Å². The number of rotatable bonds is 5. The van der Waals surface area contributed by atoms with Crippen molar-refractivity contribution in [2.45, 2.75) is 94.8 Å². The van der Waals surface area contributed by atoms with Crippen LogP contribution in [-0.4, -0.2) is 7.11 Å². The second-order valence-electron chi connectivity index (χ2n) is 16.2. The van der Waals surface area contributed by atoms with Crippen molar-refractivity contribution in [3.63, 3.8) is 0 Å². The summed E-state index contributed by atoms with van der Waals surface area (Å²) in [6.45, 7) is 2.11. The van der Waals surface area contributed by atoms with Crippen molar-refractivity contribution in [2.75, 3.05) is 7.11 Å². The molecule has 0 unspecified atom stereocenters. The van der Waals surface area contributed by atoms with Crippen LogP contribution in [-0.2, 0) is 10.8 Å². The third-order valence-corrected chi connectivity index (χ3v) is 13.0. The first-order valence-electron chi connectivity index (χ1n) is 17.5. The molecule has 0 radical (unpaired) electrons. The van der Waals surface area contributed by atoms with Crippen molar-refractivity contribution in [1.29, 1.82) is 0 Å². The molecular weight excluding hydrogens is 536 g/mol. The summed E-state index contributed by atoms with van der Waals surface area (Å²) >= 11 is 0. The highest BCUT2D eigenvalue weighted by Gasteiger charge is 2.55. The Labute approximate surface area is 263 Å². The van der Waals surface area contributed by atoms with Crippen molar-refractivity contribution in [3.8, 4) is 29.1 Å². The zero-order valence-corrected chi connectivity index (χ0v) is 26.5. The van der Waals surface area contributed by atoms with Crippen LogP contribution >= 0.6 is 0 Å². The normalized spacial score (nSPS) is 35.8. The van der Waals surface area contributed by atoms with Gasteiger partial charge < -0.3 is 9.47 Å². The summed E-state index contributed by atoms with van der Waals surface area (Å²) < 4.78 is 13.2. The molecule has 0 saturated heterocycles. The second-order valence-corrected chi connectivity index (χ2v) is 16.2. The molecule has 0 spiro atoms. The summed E-state index contributed by atoms with van der Waals surface area (Å²) in [5.41, 5.74) is 6.90. The van der Waals surface area contributed by atoms with Gasteiger partial charge in [0.15, 0.2) is 0 Å². The molecule has 8 aliphatic rings. The number of hydrogen-bond donors (Lipinski definition) is 0. The first-order valence-corrected chi connectivity index (χ1v) is 17.5. The van der Waals surface area contributed by atoms with E-state index in [1.165, 1.54) is 93.7 Å². The minimum Gasteiger partial charge on any atom is -0.496 e. The highest BCUT2D eigenvalue weighted by molar-refractivity contribution is 5.55. The largest absolute Gasteiger partial charge is 0.496 e. The molecule has 0 N–H and O–H groups in total. The topological polar surface area (TPSA) is 18.5 Å². The van der Waals surface area contributed by atoms with E-state index in [-0.39, 0.29) is 5.41 Å². The number of ether oxygens (including phenoxy) is 2. The monoisotopic (exact) mass is 582 g/mol. The summed E-state index contributed by atoms with van der Waals surface area (Å²) in [4.78, 5) is 0. The van der Waals surface area contributed by atoms with Crippen molar-refractivity contribution < 1.29 is 9.47 Å². The fourth-order valence-corrected chi connectivity index (χ4v) is 12.0. The van der Waals surface area contributed by atoms with Gasteiger partial charge in [-0.25, -0.2) is 0 Å². The quantitative estimate of drug-likeness (QED) is 0.279. The lowest BCUT2D eigenvalue weighted by Crippen LogP contribution is -2.50. The first kappa shape index (κ1) is 27.2. The Morgan fingerprint density at radius 1 is 0.545 bits per heavy atom. The van der Waals surface area contributed by atoms with Crippen molar-refractivity contribution in [1.82, 2.24) is 0 Å². The van der Waals surface area contributed by atoms with E-state index in [9.17, 15) is 0 Å². The molecule has 0 aromatic heterocycles. The van der Waals surface area contributed by atoms with Crippen molar-refractivity contribution in [3.05, 3.63) is 88.5 Å². The Kier molecular flexibility index (Phi) is 6.28. The molecule has 0 atom stereocenters. The summed E-state index contributed by atoms with van der Waals surface area (Å²) in [5.74, 6) is 15.1. The van der Waals surface area contributed by atoms with Gasteiger partial charge in [0.2, 0.25) is 0 Å². The van der Waals surface area contributed by atoms with E-state index in [0.717, 1.165) is 63.9 Å². The van der Waals surface area contributed by atoms with E-state index >= 15 is 0 Å². The molecule has 8 saturated carbocycles. The Bertz CT molecular complexity index is 1560. The summed E-state index contributed by atoms with van der Waals surface area (Å²) in [6.07, 6.45) is 16.9. The SMILES string of the molecule is COc1cc(Oc2ccc(C#Cc3ccc(C)cc3)cc2)c(C23CC4CC(CC(C4)C2)C3)cc1C12CC3CC(CC(C3)C1)C2. The third kappa shape index (κ3) is 4.60. The van der Waals surface area contributed by atoms with Gasteiger partial charge in [0.25, 0.3) is 0 Å². The first-order chi connectivity index (χ1) is 21.4. The zero-order chi connectivity index (χ0) is 29.5. The molecule has 0 aliphatic heterocycles. The Morgan fingerprint density at radius 3 is 1.39 bits per heavy atom. The maximum atomic E-state index is 6.92. The molecule has 0 amide bonds. The molecule has 3 aromatic carbocycles. The summed E-state index contributed by atoms with van der Waals surface area (Å²) in [5, 5.41) is 0. The molecule has 8 aliphatic carbocycles. The van der Waals surface area contributed by atoms with E-state index in [1.807, 2.05) is 7.11 Å². The fourth-order valence-electron chi connectivity index (χ4n) is 12.0. The van der Waals surface area contributed by atoms with Crippen LogP contribution in [0.2, 0.25) is 0 Å². The molecule has 8 bridgehead atoms. The Balaban J connectivity index is 1.09. The van der Waals surface area contributed by atoms with Crippen molar-refractivity contribution in [2.24, 2.45) is 35.5 Å². The number of methoxy groups -OCH3 is 1. The fraction of sp³-hybridized carbons (Fsp3) is 0.524. The number of hydrogen-bond acceptors (Lipinski definition) is 2. The molecule has 0 heterocycles. The predicted molar refractivity (Wildman–Crippen MR) is 176 cm³/mol. The number of aryl methyl sites for hydroxylation is 1. The highest BCUT2D eigenvalue weighted by atomic mass is 16.5. The van der Waals surface area contributed by atoms with Crippen LogP contribution in [0.15, 0.2) is 60.7 Å². The predicted octanol–water partition coefficient (Wildman–Crippen LogP) is 10.1. The molecule has 11 rings (SSSR count). The summed E-state index contributed by atoms with van der Waals surface area (Å²) in [7, 11) is 1.88. The van der Waals surface area contributed by atoms with E-state index in [1.54, 1.807) is 0 Å². The standard InChI is InChI=1S/C42H46O2/c1-27-3-5-28(6-4-27)7-8-29-9-11-36(12-10-29)44-40-20-39(43-2)37(41-21-30-13-31(22-41)15-32(14-30)23-41)19-38(40)42-24-33-16-34(25-42)18-35(17-33)26-42/h3-6,9-12,19-20,30-35H,13-18,21-26H2,1-2H3. The van der Waals surface area contributed by atoms with E-state index in [0.29, 0.717) is 5.41 Å². The molecular formula is C42H46O2. The van der Waals surface area contributed by atoms with E-state index in [4.69, 9.17) is 9.47 Å². The van der Waals surface area contributed by atoms with Gasteiger partial charge in [-0.2, -0.15) is 0 Å². The van der Waals surface area contributed by atoms with Crippen LogP contribution in [0.5, 0.6) is 17.2 Å². The Morgan fingerprint density at radius 2 is 0.955 bits per heavy atom. The maximum absolute atomic E-state index is 6.92. The number of benzene rings is 3. The van der Waals surface area contributed by atoms with Gasteiger partial charge >= 0.3 is 0 Å². The van der Waals surface area contributed by atoms with E-state index in [2.05, 4.69) is 79.4 Å². The van der Waals surface area contributed by atoms with Gasteiger partial charge in [-0.05, 0) is 173 Å². The van der Waals surface area contributed by atoms with Crippen LogP contribution in [0.3, 0.4) is 0 Å².